The summed E-state index contributed by atoms with van der Waals surface area (Å²) in [5.41, 5.74) is 2.07. The monoisotopic (exact) mass is 385 g/mol. The third kappa shape index (κ3) is 5.19. The number of halogens is 1. The molecule has 7 heteroatoms. The van der Waals surface area contributed by atoms with Gasteiger partial charge in [0.25, 0.3) is 5.91 Å². The smallest absolute Gasteiger partial charge is 0.269 e. The quantitative estimate of drug-likeness (QED) is 0.741. The van der Waals surface area contributed by atoms with Crippen molar-refractivity contribution in [1.82, 2.24) is 15.2 Å². The minimum atomic E-state index is -0.182. The summed E-state index contributed by atoms with van der Waals surface area (Å²) in [4.78, 5) is 22.9. The van der Waals surface area contributed by atoms with E-state index in [1.165, 1.54) is 6.07 Å². The number of piperazine rings is 1. The number of carbonyl (C=O) groups is 1. The number of amides is 1. The Kier molecular flexibility index (Phi) is 6.81. The minimum absolute atomic E-state index is 0.144. The number of nitrogens with zero attached hydrogens (tertiary/aromatic N) is 4. The molecule has 1 saturated heterocycles. The average Bonchev–Trinajstić information content (AvgIpc) is 2.71. The summed E-state index contributed by atoms with van der Waals surface area (Å²) in [6.07, 6.45) is 2.65. The molecule has 0 unspecified atom stereocenters. The number of hydrogen-bond donors (Lipinski definition) is 1. The zero-order valence-corrected chi connectivity index (χ0v) is 16.6. The van der Waals surface area contributed by atoms with E-state index in [0.717, 1.165) is 44.8 Å². The van der Waals surface area contributed by atoms with Gasteiger partial charge in [-0.2, -0.15) is 0 Å². The zero-order valence-electron chi connectivity index (χ0n) is 16.6. The minimum Gasteiger partial charge on any atom is -0.367 e. The van der Waals surface area contributed by atoms with Crippen molar-refractivity contribution in [3.8, 4) is 0 Å². The summed E-state index contributed by atoms with van der Waals surface area (Å²) >= 11 is 0. The Morgan fingerprint density at radius 3 is 2.46 bits per heavy atom. The van der Waals surface area contributed by atoms with E-state index in [-0.39, 0.29) is 11.7 Å². The van der Waals surface area contributed by atoms with Crippen LogP contribution in [-0.4, -0.2) is 69.2 Å². The van der Waals surface area contributed by atoms with E-state index >= 15 is 0 Å². The molecular weight excluding hydrogens is 357 g/mol. The highest BCUT2D eigenvalue weighted by Gasteiger charge is 2.20. The lowest BCUT2D eigenvalue weighted by Gasteiger charge is -2.37. The molecule has 0 spiro atoms. The second-order valence-electron chi connectivity index (χ2n) is 7.24. The van der Waals surface area contributed by atoms with E-state index in [0.29, 0.717) is 17.9 Å². The molecule has 0 atom stereocenters. The van der Waals surface area contributed by atoms with Crippen molar-refractivity contribution >= 4 is 17.3 Å². The first-order chi connectivity index (χ1) is 13.5. The second kappa shape index (κ2) is 9.50. The Morgan fingerprint density at radius 1 is 1.11 bits per heavy atom. The molecule has 1 aromatic carbocycles. The Labute approximate surface area is 166 Å². The number of carbonyl (C=O) groups excluding carboxylic acids is 1. The summed E-state index contributed by atoms with van der Waals surface area (Å²) in [6, 6.07) is 10.6. The van der Waals surface area contributed by atoms with Crippen molar-refractivity contribution in [2.75, 3.05) is 63.2 Å². The largest absolute Gasteiger partial charge is 0.367 e. The highest BCUT2D eigenvalue weighted by molar-refractivity contribution is 5.92. The maximum Gasteiger partial charge on any atom is 0.269 e. The van der Waals surface area contributed by atoms with Crippen molar-refractivity contribution in [2.45, 2.75) is 6.42 Å². The molecule has 28 heavy (non-hydrogen) atoms. The SMILES string of the molecule is CN(C)CCCNC(=O)c1ccc(N2CCN(c3ccccc3F)CC2)cn1. The van der Waals surface area contributed by atoms with E-state index in [1.54, 1.807) is 18.3 Å². The van der Waals surface area contributed by atoms with Crippen LogP contribution in [0.2, 0.25) is 0 Å². The number of para-hydroxylation sites is 1. The highest BCUT2D eigenvalue weighted by Crippen LogP contribution is 2.22. The Hall–Kier alpha value is -2.67. The molecule has 1 aliphatic heterocycles. The van der Waals surface area contributed by atoms with E-state index in [9.17, 15) is 9.18 Å². The van der Waals surface area contributed by atoms with Gasteiger partial charge < -0.3 is 20.0 Å². The predicted molar refractivity (Wildman–Crippen MR) is 111 cm³/mol. The number of hydrogen-bond acceptors (Lipinski definition) is 5. The number of pyridine rings is 1. The molecule has 150 valence electrons. The zero-order chi connectivity index (χ0) is 19.9. The Bertz CT molecular complexity index is 773. The second-order valence-corrected chi connectivity index (χ2v) is 7.24. The van der Waals surface area contributed by atoms with E-state index in [4.69, 9.17) is 0 Å². The lowest BCUT2D eigenvalue weighted by atomic mass is 10.2. The van der Waals surface area contributed by atoms with Crippen molar-refractivity contribution < 1.29 is 9.18 Å². The fourth-order valence-electron chi connectivity index (χ4n) is 3.31. The molecule has 1 N–H and O–H groups in total. The Morgan fingerprint density at radius 2 is 1.82 bits per heavy atom. The lowest BCUT2D eigenvalue weighted by Crippen LogP contribution is -2.46. The fourth-order valence-corrected chi connectivity index (χ4v) is 3.31. The number of anilines is 2. The standard InChI is InChI=1S/C21H28FN5O/c1-25(2)11-5-10-23-21(28)19-9-8-17(16-24-19)26-12-14-27(15-13-26)20-7-4-3-6-18(20)22/h3-4,6-9,16H,5,10-15H2,1-2H3,(H,23,28). The van der Waals surface area contributed by atoms with Gasteiger partial charge in [-0.25, -0.2) is 9.37 Å². The van der Waals surface area contributed by atoms with Gasteiger partial charge in [-0.05, 0) is 51.3 Å². The molecule has 1 aliphatic rings. The van der Waals surface area contributed by atoms with Gasteiger partial charge in [0.05, 0.1) is 17.6 Å². The van der Waals surface area contributed by atoms with Crippen LogP contribution in [-0.2, 0) is 0 Å². The summed E-state index contributed by atoms with van der Waals surface area (Å²) in [5.74, 6) is -0.326. The van der Waals surface area contributed by atoms with Crippen LogP contribution in [0.1, 0.15) is 16.9 Å². The molecule has 1 fully saturated rings. The van der Waals surface area contributed by atoms with E-state index in [2.05, 4.69) is 25.0 Å². The fraction of sp³-hybridized carbons (Fsp3) is 0.429. The van der Waals surface area contributed by atoms with Crippen LogP contribution < -0.4 is 15.1 Å². The van der Waals surface area contributed by atoms with Crippen LogP contribution in [0.4, 0.5) is 15.8 Å². The van der Waals surface area contributed by atoms with Crippen molar-refractivity contribution in [3.63, 3.8) is 0 Å². The summed E-state index contributed by atoms with van der Waals surface area (Å²) in [5, 5.41) is 2.90. The lowest BCUT2D eigenvalue weighted by molar-refractivity contribution is 0.0947. The molecule has 6 nitrogen and oxygen atoms in total. The first-order valence-corrected chi connectivity index (χ1v) is 9.68. The van der Waals surface area contributed by atoms with Gasteiger partial charge in [0.15, 0.2) is 0 Å². The predicted octanol–water partition coefficient (Wildman–Crippen LogP) is 2.23. The van der Waals surface area contributed by atoms with Gasteiger partial charge in [-0.15, -0.1) is 0 Å². The number of benzene rings is 1. The molecule has 0 radical (unpaired) electrons. The first-order valence-electron chi connectivity index (χ1n) is 9.68. The number of nitrogens with one attached hydrogen (secondary N) is 1. The molecule has 1 aromatic heterocycles. The highest BCUT2D eigenvalue weighted by atomic mass is 19.1. The van der Waals surface area contributed by atoms with Crippen LogP contribution in [0.5, 0.6) is 0 Å². The molecule has 2 aromatic rings. The molecule has 0 bridgehead atoms. The summed E-state index contributed by atoms with van der Waals surface area (Å²) in [6.45, 7) is 4.63. The third-order valence-corrected chi connectivity index (χ3v) is 4.89. The van der Waals surface area contributed by atoms with Gasteiger partial charge in [-0.1, -0.05) is 12.1 Å². The molecule has 3 rings (SSSR count). The molecule has 0 aliphatic carbocycles. The van der Waals surface area contributed by atoms with Gasteiger partial charge in [0.2, 0.25) is 0 Å². The first kappa shape index (κ1) is 20.1. The van der Waals surface area contributed by atoms with Crippen molar-refractivity contribution in [2.24, 2.45) is 0 Å². The van der Waals surface area contributed by atoms with E-state index < -0.39 is 0 Å². The number of rotatable bonds is 7. The van der Waals surface area contributed by atoms with Crippen LogP contribution >= 0.6 is 0 Å². The van der Waals surface area contributed by atoms with E-state index in [1.807, 2.05) is 32.3 Å². The molecule has 0 saturated carbocycles. The van der Waals surface area contributed by atoms with Crippen LogP contribution in [0.3, 0.4) is 0 Å². The maximum atomic E-state index is 14.0. The topological polar surface area (TPSA) is 51.7 Å². The van der Waals surface area contributed by atoms with Crippen LogP contribution in [0.25, 0.3) is 0 Å². The maximum absolute atomic E-state index is 14.0. The molecule has 1 amide bonds. The normalized spacial score (nSPS) is 14.4. The van der Waals surface area contributed by atoms with Gasteiger partial charge in [-0.3, -0.25) is 4.79 Å². The third-order valence-electron chi connectivity index (χ3n) is 4.89. The number of aromatic nitrogens is 1. The average molecular weight is 385 g/mol. The van der Waals surface area contributed by atoms with Gasteiger partial charge in [0, 0.05) is 32.7 Å². The molecule has 2 heterocycles. The van der Waals surface area contributed by atoms with Crippen LogP contribution in [0.15, 0.2) is 42.6 Å². The van der Waals surface area contributed by atoms with Crippen LogP contribution in [0, 0.1) is 5.82 Å². The summed E-state index contributed by atoms with van der Waals surface area (Å²) in [7, 11) is 4.02. The van der Waals surface area contributed by atoms with Crippen molar-refractivity contribution in [1.29, 1.82) is 0 Å². The summed E-state index contributed by atoms with van der Waals surface area (Å²) < 4.78 is 14.0. The van der Waals surface area contributed by atoms with Crippen molar-refractivity contribution in [3.05, 3.63) is 54.1 Å². The van der Waals surface area contributed by atoms with Gasteiger partial charge >= 0.3 is 0 Å². The Balaban J connectivity index is 1.50. The molecular formula is C21H28FN5O. The van der Waals surface area contributed by atoms with Gasteiger partial charge in [0.1, 0.15) is 11.5 Å².